The van der Waals surface area contributed by atoms with Crippen LogP contribution >= 0.6 is 0 Å². The Bertz CT molecular complexity index is 1520. The second kappa shape index (κ2) is 10.5. The summed E-state index contributed by atoms with van der Waals surface area (Å²) in [5.41, 5.74) is 0.569. The molecule has 0 aliphatic carbocycles. The minimum absolute atomic E-state index is 0.223. The largest absolute Gasteiger partial charge is 0.489 e. The van der Waals surface area contributed by atoms with E-state index in [0.717, 1.165) is 33.0 Å². The average molecular weight is 471 g/mol. The number of rotatable bonds is 8. The lowest BCUT2D eigenvalue weighted by Crippen LogP contribution is -2.31. The van der Waals surface area contributed by atoms with Gasteiger partial charge in [-0.2, -0.15) is 10.5 Å². The van der Waals surface area contributed by atoms with Crippen molar-refractivity contribution < 1.29 is 14.2 Å². The van der Waals surface area contributed by atoms with Gasteiger partial charge in [0.05, 0.1) is 11.1 Å². The SMILES string of the molecule is N#Cc1ccc(OC(COc2cccc3ccccc23)COc2cccc3ccccc23)cc1C#N. The van der Waals surface area contributed by atoms with Gasteiger partial charge in [-0.1, -0.05) is 72.8 Å². The molecule has 0 saturated carbocycles. The first-order chi connectivity index (χ1) is 17.7. The summed E-state index contributed by atoms with van der Waals surface area (Å²) in [7, 11) is 0. The molecule has 5 aromatic carbocycles. The number of hydrogen-bond donors (Lipinski definition) is 0. The molecule has 0 aliphatic heterocycles. The van der Waals surface area contributed by atoms with Crippen molar-refractivity contribution in [3.05, 3.63) is 114 Å². The van der Waals surface area contributed by atoms with E-state index in [1.807, 2.05) is 91.0 Å². The minimum atomic E-state index is -0.484. The first kappa shape index (κ1) is 22.8. The molecule has 5 rings (SSSR count). The third-order valence-corrected chi connectivity index (χ3v) is 5.88. The highest BCUT2D eigenvalue weighted by atomic mass is 16.6. The van der Waals surface area contributed by atoms with E-state index < -0.39 is 6.10 Å². The number of nitriles is 2. The van der Waals surface area contributed by atoms with Crippen LogP contribution in [0, 0.1) is 22.7 Å². The molecule has 0 spiro atoms. The van der Waals surface area contributed by atoms with Gasteiger partial charge in [0.2, 0.25) is 0 Å². The third kappa shape index (κ3) is 4.92. The Kier molecular flexibility index (Phi) is 6.65. The highest BCUT2D eigenvalue weighted by Crippen LogP contribution is 2.28. The first-order valence-electron chi connectivity index (χ1n) is 11.6. The molecular weight excluding hydrogens is 448 g/mol. The van der Waals surface area contributed by atoms with Crippen LogP contribution < -0.4 is 14.2 Å². The second-order valence-electron chi connectivity index (χ2n) is 8.25. The van der Waals surface area contributed by atoms with Crippen LogP contribution in [0.2, 0.25) is 0 Å². The first-order valence-corrected chi connectivity index (χ1v) is 11.6. The van der Waals surface area contributed by atoms with Gasteiger partial charge in [0.1, 0.15) is 42.6 Å². The quantitative estimate of drug-likeness (QED) is 0.254. The summed E-state index contributed by atoms with van der Waals surface area (Å²) in [5.74, 6) is 1.98. The third-order valence-electron chi connectivity index (χ3n) is 5.88. The summed E-state index contributed by atoms with van der Waals surface area (Å²) in [6.07, 6.45) is -0.484. The molecule has 0 aromatic heterocycles. The van der Waals surface area contributed by atoms with E-state index >= 15 is 0 Å². The maximum atomic E-state index is 9.41. The fourth-order valence-corrected chi connectivity index (χ4v) is 4.10. The Labute approximate surface area is 209 Å². The molecule has 0 unspecified atom stereocenters. The van der Waals surface area contributed by atoms with Crippen LogP contribution in [0.25, 0.3) is 21.5 Å². The van der Waals surface area contributed by atoms with Crippen molar-refractivity contribution in [1.82, 2.24) is 0 Å². The van der Waals surface area contributed by atoms with Crippen LogP contribution in [0.1, 0.15) is 11.1 Å². The Morgan fingerprint density at radius 1 is 0.583 bits per heavy atom. The molecule has 0 amide bonds. The van der Waals surface area contributed by atoms with Gasteiger partial charge >= 0.3 is 0 Å². The zero-order chi connectivity index (χ0) is 24.7. The fraction of sp³-hybridized carbons (Fsp3) is 0.0968. The molecule has 174 valence electrons. The average Bonchev–Trinajstić information content (AvgIpc) is 2.94. The molecule has 5 heteroatoms. The summed E-state index contributed by atoms with van der Waals surface area (Å²) in [4.78, 5) is 0. The van der Waals surface area contributed by atoms with Crippen LogP contribution in [0.3, 0.4) is 0 Å². The highest BCUT2D eigenvalue weighted by molar-refractivity contribution is 5.88. The standard InChI is InChI=1S/C31H22N2O3/c32-18-24-15-16-26(17-25(24)19-33)36-27(20-34-30-13-5-9-22-7-1-3-11-28(22)30)21-35-31-14-6-10-23-8-2-4-12-29(23)31/h1-17,27H,20-21H2. The van der Waals surface area contributed by atoms with Crippen molar-refractivity contribution in [3.8, 4) is 29.4 Å². The van der Waals surface area contributed by atoms with Crippen molar-refractivity contribution in [3.63, 3.8) is 0 Å². The normalized spacial score (nSPS) is 10.6. The fourth-order valence-electron chi connectivity index (χ4n) is 4.10. The molecular formula is C31H22N2O3. The molecule has 0 bridgehead atoms. The van der Waals surface area contributed by atoms with Crippen molar-refractivity contribution in [2.75, 3.05) is 13.2 Å². The molecule has 0 N–H and O–H groups in total. The molecule has 0 radical (unpaired) electrons. The summed E-state index contributed by atoms with van der Waals surface area (Å²) in [5, 5.41) is 22.8. The van der Waals surface area contributed by atoms with Crippen LogP contribution in [0.4, 0.5) is 0 Å². The minimum Gasteiger partial charge on any atom is -0.489 e. The molecule has 36 heavy (non-hydrogen) atoms. The van der Waals surface area contributed by atoms with E-state index in [1.54, 1.807) is 18.2 Å². The number of benzene rings is 5. The van der Waals surface area contributed by atoms with Crippen LogP contribution in [0.15, 0.2) is 103 Å². The predicted octanol–water partition coefficient (Wildman–Crippen LogP) is 6.64. The summed E-state index contributed by atoms with van der Waals surface area (Å²) in [6, 6.07) is 36.8. The van der Waals surface area contributed by atoms with Gasteiger partial charge < -0.3 is 14.2 Å². The van der Waals surface area contributed by atoms with Gasteiger partial charge in [0.15, 0.2) is 6.10 Å². The highest BCUT2D eigenvalue weighted by Gasteiger charge is 2.16. The van der Waals surface area contributed by atoms with Gasteiger partial charge in [-0.3, -0.25) is 0 Å². The Morgan fingerprint density at radius 2 is 1.11 bits per heavy atom. The molecule has 0 fully saturated rings. The molecule has 5 aromatic rings. The Morgan fingerprint density at radius 3 is 1.67 bits per heavy atom. The molecule has 0 aliphatic rings. The summed E-state index contributed by atoms with van der Waals surface area (Å²) >= 11 is 0. The molecule has 0 heterocycles. The lowest BCUT2D eigenvalue weighted by atomic mass is 10.1. The maximum Gasteiger partial charge on any atom is 0.166 e. The van der Waals surface area contributed by atoms with Crippen LogP contribution in [-0.2, 0) is 0 Å². The van der Waals surface area contributed by atoms with Gasteiger partial charge in [-0.05, 0) is 41.1 Å². The number of hydrogen-bond acceptors (Lipinski definition) is 5. The van der Waals surface area contributed by atoms with Crippen molar-refractivity contribution in [2.24, 2.45) is 0 Å². The smallest absolute Gasteiger partial charge is 0.166 e. The zero-order valence-electron chi connectivity index (χ0n) is 19.4. The monoisotopic (exact) mass is 470 g/mol. The predicted molar refractivity (Wildman–Crippen MR) is 139 cm³/mol. The maximum absolute atomic E-state index is 9.41. The van der Waals surface area contributed by atoms with Crippen LogP contribution in [-0.4, -0.2) is 19.3 Å². The van der Waals surface area contributed by atoms with Crippen molar-refractivity contribution in [2.45, 2.75) is 6.10 Å². The summed E-state index contributed by atoms with van der Waals surface area (Å²) in [6.45, 7) is 0.446. The Hall–Kier alpha value is -5.00. The lowest BCUT2D eigenvalue weighted by Gasteiger charge is -2.21. The summed E-state index contributed by atoms with van der Waals surface area (Å²) < 4.78 is 18.6. The number of fused-ring (bicyclic) bond motifs is 2. The lowest BCUT2D eigenvalue weighted by molar-refractivity contribution is 0.0823. The van der Waals surface area contributed by atoms with E-state index in [1.165, 1.54) is 0 Å². The molecule has 0 atom stereocenters. The van der Waals surface area contributed by atoms with Gasteiger partial charge in [-0.15, -0.1) is 0 Å². The van der Waals surface area contributed by atoms with Gasteiger partial charge in [0, 0.05) is 10.8 Å². The van der Waals surface area contributed by atoms with Crippen molar-refractivity contribution >= 4 is 21.5 Å². The second-order valence-corrected chi connectivity index (χ2v) is 8.25. The van der Waals surface area contributed by atoms with Crippen LogP contribution in [0.5, 0.6) is 17.2 Å². The Balaban J connectivity index is 1.39. The number of ether oxygens (including phenoxy) is 3. The van der Waals surface area contributed by atoms with E-state index in [-0.39, 0.29) is 18.8 Å². The molecule has 0 saturated heterocycles. The van der Waals surface area contributed by atoms with Crippen molar-refractivity contribution in [1.29, 1.82) is 10.5 Å². The van der Waals surface area contributed by atoms with E-state index in [0.29, 0.717) is 11.3 Å². The zero-order valence-corrected chi connectivity index (χ0v) is 19.4. The van der Waals surface area contributed by atoms with Gasteiger partial charge in [-0.25, -0.2) is 0 Å². The van der Waals surface area contributed by atoms with E-state index in [4.69, 9.17) is 14.2 Å². The van der Waals surface area contributed by atoms with E-state index in [2.05, 4.69) is 6.07 Å². The topological polar surface area (TPSA) is 75.3 Å². The number of nitrogens with zero attached hydrogens (tertiary/aromatic N) is 2. The molecule has 5 nitrogen and oxygen atoms in total. The van der Waals surface area contributed by atoms with Gasteiger partial charge in [0.25, 0.3) is 0 Å². The van der Waals surface area contributed by atoms with E-state index in [9.17, 15) is 10.5 Å².